The average Bonchev–Trinajstić information content (AvgIpc) is 3.59. The van der Waals surface area contributed by atoms with E-state index in [9.17, 15) is 9.59 Å². The van der Waals surface area contributed by atoms with Crippen LogP contribution in [0, 0.1) is 12.8 Å². The van der Waals surface area contributed by atoms with Gasteiger partial charge in [-0.2, -0.15) is 4.98 Å². The second-order valence-electron chi connectivity index (χ2n) is 11.2. The summed E-state index contributed by atoms with van der Waals surface area (Å²) in [7, 11) is 0. The third-order valence-electron chi connectivity index (χ3n) is 8.41. The van der Waals surface area contributed by atoms with Crippen molar-refractivity contribution in [3.63, 3.8) is 0 Å². The van der Waals surface area contributed by atoms with E-state index < -0.39 is 0 Å². The summed E-state index contributed by atoms with van der Waals surface area (Å²) in [4.78, 5) is 40.7. The fraction of sp³-hybridized carbons (Fsp3) is 0.586. The van der Waals surface area contributed by atoms with Crippen LogP contribution >= 0.6 is 0 Å². The third kappa shape index (κ3) is 5.77. The second kappa shape index (κ2) is 11.7. The highest BCUT2D eigenvalue weighted by Crippen LogP contribution is 2.32. The van der Waals surface area contributed by atoms with Crippen molar-refractivity contribution in [2.45, 2.75) is 71.4 Å². The smallest absolute Gasteiger partial charge is 0.229 e. The average molecular weight is 520 g/mol. The summed E-state index contributed by atoms with van der Waals surface area (Å²) in [6, 6.07) is 7.19. The van der Waals surface area contributed by atoms with Crippen molar-refractivity contribution < 1.29 is 9.59 Å². The monoisotopic (exact) mass is 519 g/mol. The maximum atomic E-state index is 12.3. The maximum absolute atomic E-state index is 12.3. The molecule has 9 heteroatoms. The highest BCUT2D eigenvalue weighted by Gasteiger charge is 2.30. The molecule has 2 saturated heterocycles. The first-order chi connectivity index (χ1) is 18.4. The van der Waals surface area contributed by atoms with Gasteiger partial charge in [0.15, 0.2) is 0 Å². The van der Waals surface area contributed by atoms with Crippen LogP contribution in [-0.4, -0.2) is 72.0 Å². The number of rotatable bonds is 9. The minimum atomic E-state index is -0.106. The van der Waals surface area contributed by atoms with Crippen molar-refractivity contribution in [2.24, 2.45) is 5.92 Å². The van der Waals surface area contributed by atoms with E-state index in [-0.39, 0.29) is 17.9 Å². The number of aryl methyl sites for hydroxylation is 1. The molecule has 0 unspecified atom stereocenters. The quantitative estimate of drug-likeness (QED) is 0.489. The number of nitrogens with one attached hydrogen (secondary N) is 2. The van der Waals surface area contributed by atoms with Gasteiger partial charge in [0.25, 0.3) is 0 Å². The Morgan fingerprint density at radius 2 is 1.92 bits per heavy atom. The molecule has 3 heterocycles. The van der Waals surface area contributed by atoms with Gasteiger partial charge in [-0.3, -0.25) is 19.4 Å². The summed E-state index contributed by atoms with van der Waals surface area (Å²) in [5, 5.41) is 6.31. The van der Waals surface area contributed by atoms with E-state index in [1.165, 1.54) is 5.69 Å². The van der Waals surface area contributed by atoms with E-state index in [2.05, 4.69) is 64.4 Å². The van der Waals surface area contributed by atoms with Crippen molar-refractivity contribution in [1.82, 2.24) is 20.2 Å². The molecule has 2 aromatic rings. The van der Waals surface area contributed by atoms with Gasteiger partial charge in [-0.15, -0.1) is 0 Å². The molecule has 1 aromatic carbocycles. The molecule has 3 aliphatic rings. The predicted molar refractivity (Wildman–Crippen MR) is 151 cm³/mol. The van der Waals surface area contributed by atoms with Crippen LogP contribution in [0.4, 0.5) is 23.1 Å². The molecule has 2 N–H and O–H groups in total. The van der Waals surface area contributed by atoms with E-state index >= 15 is 0 Å². The highest BCUT2D eigenvalue weighted by atomic mass is 16.2. The number of hydrogen-bond donors (Lipinski definition) is 2. The van der Waals surface area contributed by atoms with Crippen LogP contribution in [0.25, 0.3) is 0 Å². The molecule has 1 atom stereocenters. The summed E-state index contributed by atoms with van der Waals surface area (Å²) < 4.78 is 0. The molecule has 0 radical (unpaired) electrons. The summed E-state index contributed by atoms with van der Waals surface area (Å²) in [5.41, 5.74) is 4.15. The standard InChI is InChI=1S/C29H41N7O2/c1-20(2)34-12-14-35(15-13-34)25-8-9-26(21(3)16-25)32-29-31-18-23(17-22-10-11-30-28(22)38)27(33-29)36(19-37)24-6-4-5-7-24/h8-9,16,18-20,22,24H,4-7,10-15,17H2,1-3H3,(H,30,38)(H,31,32,33)/t22-/m0/s1. The van der Waals surface area contributed by atoms with Crippen LogP contribution in [0.5, 0.6) is 0 Å². The molecule has 3 fully saturated rings. The van der Waals surface area contributed by atoms with Gasteiger partial charge in [0, 0.05) is 73.9 Å². The largest absolute Gasteiger partial charge is 0.369 e. The zero-order chi connectivity index (χ0) is 26.6. The zero-order valence-corrected chi connectivity index (χ0v) is 22.9. The lowest BCUT2D eigenvalue weighted by Gasteiger charge is -2.38. The Morgan fingerprint density at radius 3 is 2.55 bits per heavy atom. The normalized spacial score (nSPS) is 20.7. The predicted octanol–water partition coefficient (Wildman–Crippen LogP) is 3.64. The van der Waals surface area contributed by atoms with E-state index in [1.807, 2.05) is 0 Å². The lowest BCUT2D eigenvalue weighted by Crippen LogP contribution is -2.48. The van der Waals surface area contributed by atoms with Crippen LogP contribution in [0.3, 0.4) is 0 Å². The van der Waals surface area contributed by atoms with Gasteiger partial charge in [0.05, 0.1) is 0 Å². The van der Waals surface area contributed by atoms with Crippen LogP contribution in [0.1, 0.15) is 57.1 Å². The van der Waals surface area contributed by atoms with E-state index in [0.717, 1.165) is 81.5 Å². The Kier molecular flexibility index (Phi) is 8.12. The number of benzene rings is 1. The molecule has 2 aliphatic heterocycles. The number of amides is 2. The minimum absolute atomic E-state index is 0.0676. The molecule has 2 amide bonds. The first-order valence-corrected chi connectivity index (χ1v) is 14.2. The zero-order valence-electron chi connectivity index (χ0n) is 22.9. The molecular formula is C29H41N7O2. The van der Waals surface area contributed by atoms with Crippen molar-refractivity contribution in [2.75, 3.05) is 47.8 Å². The molecule has 5 rings (SSSR count). The molecule has 38 heavy (non-hydrogen) atoms. The van der Waals surface area contributed by atoms with Gasteiger partial charge in [-0.1, -0.05) is 12.8 Å². The van der Waals surface area contributed by atoms with Crippen LogP contribution in [0.15, 0.2) is 24.4 Å². The van der Waals surface area contributed by atoms with Crippen LogP contribution < -0.4 is 20.4 Å². The second-order valence-corrected chi connectivity index (χ2v) is 11.2. The molecule has 1 aliphatic carbocycles. The number of aromatic nitrogens is 2. The van der Waals surface area contributed by atoms with Crippen LogP contribution in [0.2, 0.25) is 0 Å². The topological polar surface area (TPSA) is 93.7 Å². The first-order valence-electron chi connectivity index (χ1n) is 14.2. The van der Waals surface area contributed by atoms with E-state index in [4.69, 9.17) is 4.98 Å². The summed E-state index contributed by atoms with van der Waals surface area (Å²) in [5.74, 6) is 1.05. The first kappa shape index (κ1) is 26.4. The number of anilines is 4. The maximum Gasteiger partial charge on any atom is 0.229 e. The molecule has 0 spiro atoms. The number of piperazine rings is 1. The molecular weight excluding hydrogens is 478 g/mol. The number of carbonyl (C=O) groups excluding carboxylic acids is 2. The molecule has 204 valence electrons. The van der Waals surface area contributed by atoms with Gasteiger partial charge < -0.3 is 15.5 Å². The van der Waals surface area contributed by atoms with Gasteiger partial charge in [0.1, 0.15) is 5.82 Å². The van der Waals surface area contributed by atoms with E-state index in [0.29, 0.717) is 30.8 Å². The number of carbonyl (C=O) groups is 2. The fourth-order valence-corrected chi connectivity index (χ4v) is 6.02. The van der Waals surface area contributed by atoms with Crippen molar-refractivity contribution in [3.05, 3.63) is 35.5 Å². The number of nitrogens with zero attached hydrogens (tertiary/aromatic N) is 5. The Hall–Kier alpha value is -3.20. The summed E-state index contributed by atoms with van der Waals surface area (Å²) in [6.07, 6.45) is 8.20. The SMILES string of the molecule is Cc1cc(N2CCN(C(C)C)CC2)ccc1Nc1ncc(C[C@@H]2CCNC2=O)c(N(C=O)C2CCCC2)n1. The van der Waals surface area contributed by atoms with E-state index in [1.54, 1.807) is 11.1 Å². The minimum Gasteiger partial charge on any atom is -0.369 e. The van der Waals surface area contributed by atoms with Gasteiger partial charge >= 0.3 is 0 Å². The van der Waals surface area contributed by atoms with Gasteiger partial charge in [-0.25, -0.2) is 4.98 Å². The molecule has 1 saturated carbocycles. The Bertz CT molecular complexity index is 1140. The van der Waals surface area contributed by atoms with Crippen molar-refractivity contribution in [1.29, 1.82) is 0 Å². The van der Waals surface area contributed by atoms with Crippen molar-refractivity contribution >= 4 is 35.5 Å². The van der Waals surface area contributed by atoms with Gasteiger partial charge in [0.2, 0.25) is 18.3 Å². The van der Waals surface area contributed by atoms with Crippen molar-refractivity contribution in [3.8, 4) is 0 Å². The Balaban J connectivity index is 1.35. The molecule has 9 nitrogen and oxygen atoms in total. The lowest BCUT2D eigenvalue weighted by molar-refractivity contribution is -0.122. The lowest BCUT2D eigenvalue weighted by atomic mass is 9.99. The Labute approximate surface area is 226 Å². The highest BCUT2D eigenvalue weighted by molar-refractivity contribution is 5.82. The van der Waals surface area contributed by atoms with Gasteiger partial charge in [-0.05, 0) is 70.2 Å². The fourth-order valence-electron chi connectivity index (χ4n) is 6.02. The third-order valence-corrected chi connectivity index (χ3v) is 8.41. The van der Waals surface area contributed by atoms with Crippen LogP contribution in [-0.2, 0) is 16.0 Å². The summed E-state index contributed by atoms with van der Waals surface area (Å²) in [6.45, 7) is 11.5. The number of hydrogen-bond acceptors (Lipinski definition) is 7. The Morgan fingerprint density at radius 1 is 1.16 bits per heavy atom. The molecule has 1 aromatic heterocycles. The summed E-state index contributed by atoms with van der Waals surface area (Å²) >= 11 is 0. The molecule has 0 bridgehead atoms.